The van der Waals surface area contributed by atoms with Crippen LogP contribution < -0.4 is 10.1 Å². The van der Waals surface area contributed by atoms with Crippen molar-refractivity contribution in [2.24, 2.45) is 0 Å². The van der Waals surface area contributed by atoms with E-state index < -0.39 is 12.0 Å². The van der Waals surface area contributed by atoms with Crippen LogP contribution in [0.25, 0.3) is 0 Å². The van der Waals surface area contributed by atoms with E-state index in [0.29, 0.717) is 11.3 Å². The number of aromatic hydroxyl groups is 1. The summed E-state index contributed by atoms with van der Waals surface area (Å²) in [4.78, 5) is 10.8. The number of carboxylic acid groups (broad SMARTS) is 1. The van der Waals surface area contributed by atoms with Gasteiger partial charge in [0, 0.05) is 11.6 Å². The molecule has 0 amide bonds. The van der Waals surface area contributed by atoms with Gasteiger partial charge in [-0.15, -0.1) is 0 Å². The number of ether oxygens (including phenoxy) is 1. The molecule has 0 aliphatic rings. The minimum Gasteiger partial charge on any atom is -0.507 e. The molecule has 5 heteroatoms. The fraction of sp³-hybridized carbons (Fsp3) is 0.188. The van der Waals surface area contributed by atoms with Crippen LogP contribution in [0.5, 0.6) is 11.5 Å². The Labute approximate surface area is 122 Å². The SMILES string of the molecule is COc1ccc(C(NCC(=O)O)c2ccccc2)c(O)c1. The van der Waals surface area contributed by atoms with Crippen LogP contribution in [0.4, 0.5) is 0 Å². The fourth-order valence-electron chi connectivity index (χ4n) is 2.14. The van der Waals surface area contributed by atoms with Crippen molar-refractivity contribution in [1.29, 1.82) is 0 Å². The van der Waals surface area contributed by atoms with Crippen molar-refractivity contribution in [3.63, 3.8) is 0 Å². The normalized spacial score (nSPS) is 11.9. The summed E-state index contributed by atoms with van der Waals surface area (Å²) in [5, 5.41) is 21.9. The summed E-state index contributed by atoms with van der Waals surface area (Å²) < 4.78 is 5.06. The highest BCUT2D eigenvalue weighted by molar-refractivity contribution is 5.69. The number of nitrogens with one attached hydrogen (secondary N) is 1. The number of hydrogen-bond donors (Lipinski definition) is 3. The second-order valence-corrected chi connectivity index (χ2v) is 4.54. The van der Waals surface area contributed by atoms with Crippen LogP contribution in [0, 0.1) is 0 Å². The van der Waals surface area contributed by atoms with Gasteiger partial charge >= 0.3 is 5.97 Å². The van der Waals surface area contributed by atoms with Gasteiger partial charge < -0.3 is 14.9 Å². The summed E-state index contributed by atoms with van der Waals surface area (Å²) in [5.41, 5.74) is 1.47. The summed E-state index contributed by atoms with van der Waals surface area (Å²) in [6, 6.07) is 13.9. The van der Waals surface area contributed by atoms with Crippen molar-refractivity contribution in [3.8, 4) is 11.5 Å². The Balaban J connectivity index is 2.37. The number of phenolic OH excluding ortho intramolecular Hbond substituents is 1. The average Bonchev–Trinajstić information content (AvgIpc) is 2.49. The van der Waals surface area contributed by atoms with E-state index in [-0.39, 0.29) is 12.3 Å². The molecular formula is C16H17NO4. The molecule has 1 atom stereocenters. The zero-order chi connectivity index (χ0) is 15.2. The molecule has 1 unspecified atom stereocenters. The molecule has 0 heterocycles. The monoisotopic (exact) mass is 287 g/mol. The van der Waals surface area contributed by atoms with Gasteiger partial charge in [-0.05, 0) is 17.7 Å². The number of benzene rings is 2. The number of carbonyl (C=O) groups is 1. The third kappa shape index (κ3) is 3.73. The molecule has 0 aromatic heterocycles. The first kappa shape index (κ1) is 14.9. The van der Waals surface area contributed by atoms with Crippen LogP contribution in [0.1, 0.15) is 17.2 Å². The van der Waals surface area contributed by atoms with E-state index >= 15 is 0 Å². The van der Waals surface area contributed by atoms with Crippen molar-refractivity contribution in [1.82, 2.24) is 5.32 Å². The first-order chi connectivity index (χ1) is 10.1. The lowest BCUT2D eigenvalue weighted by Gasteiger charge is -2.20. The Bertz CT molecular complexity index is 613. The lowest BCUT2D eigenvalue weighted by atomic mass is 9.97. The summed E-state index contributed by atoms with van der Waals surface area (Å²) in [6.07, 6.45) is 0. The topological polar surface area (TPSA) is 78.8 Å². The van der Waals surface area contributed by atoms with Gasteiger partial charge in [0.05, 0.1) is 19.7 Å². The molecule has 0 aliphatic carbocycles. The Hall–Kier alpha value is -2.53. The molecule has 0 aliphatic heterocycles. The highest BCUT2D eigenvalue weighted by Crippen LogP contribution is 2.32. The van der Waals surface area contributed by atoms with Gasteiger partial charge in [-0.25, -0.2) is 0 Å². The molecule has 2 aromatic rings. The zero-order valence-corrected chi connectivity index (χ0v) is 11.6. The number of carboxylic acids is 1. The Morgan fingerprint density at radius 3 is 2.52 bits per heavy atom. The predicted octanol–water partition coefficient (Wildman–Crippen LogP) is 2.16. The smallest absolute Gasteiger partial charge is 0.317 e. The largest absolute Gasteiger partial charge is 0.507 e. The second-order valence-electron chi connectivity index (χ2n) is 4.54. The predicted molar refractivity (Wildman–Crippen MR) is 78.6 cm³/mol. The molecule has 0 saturated carbocycles. The van der Waals surface area contributed by atoms with E-state index in [1.54, 1.807) is 12.1 Å². The number of rotatable bonds is 6. The molecule has 5 nitrogen and oxygen atoms in total. The van der Waals surface area contributed by atoms with Gasteiger partial charge in [0.1, 0.15) is 11.5 Å². The van der Waals surface area contributed by atoms with E-state index in [9.17, 15) is 9.90 Å². The zero-order valence-electron chi connectivity index (χ0n) is 11.6. The van der Waals surface area contributed by atoms with Crippen LogP contribution in [0.3, 0.4) is 0 Å². The molecule has 0 fully saturated rings. The van der Waals surface area contributed by atoms with Gasteiger partial charge in [-0.3, -0.25) is 10.1 Å². The van der Waals surface area contributed by atoms with Crippen molar-refractivity contribution < 1.29 is 19.7 Å². The van der Waals surface area contributed by atoms with Crippen LogP contribution in [-0.2, 0) is 4.79 Å². The third-order valence-electron chi connectivity index (χ3n) is 3.14. The Morgan fingerprint density at radius 1 is 1.24 bits per heavy atom. The molecule has 21 heavy (non-hydrogen) atoms. The summed E-state index contributed by atoms with van der Waals surface area (Å²) in [7, 11) is 1.52. The fourth-order valence-corrected chi connectivity index (χ4v) is 2.14. The number of hydrogen-bond acceptors (Lipinski definition) is 4. The minimum absolute atomic E-state index is 0.0566. The van der Waals surface area contributed by atoms with Crippen LogP contribution >= 0.6 is 0 Å². The van der Waals surface area contributed by atoms with E-state index in [2.05, 4.69) is 5.32 Å². The summed E-state index contributed by atoms with van der Waals surface area (Å²) in [5.74, 6) is -0.355. The van der Waals surface area contributed by atoms with Crippen molar-refractivity contribution in [3.05, 3.63) is 59.7 Å². The minimum atomic E-state index is -0.955. The van der Waals surface area contributed by atoms with Crippen molar-refractivity contribution in [2.45, 2.75) is 6.04 Å². The molecule has 0 saturated heterocycles. The molecule has 0 radical (unpaired) electrons. The molecule has 2 rings (SSSR count). The average molecular weight is 287 g/mol. The maximum atomic E-state index is 10.8. The highest BCUT2D eigenvalue weighted by atomic mass is 16.5. The standard InChI is InChI=1S/C16H17NO4/c1-21-12-7-8-13(14(18)9-12)16(17-10-15(19)20)11-5-3-2-4-6-11/h2-9,16-18H,10H2,1H3,(H,19,20). The first-order valence-corrected chi connectivity index (χ1v) is 6.49. The molecule has 110 valence electrons. The maximum Gasteiger partial charge on any atom is 0.317 e. The molecular weight excluding hydrogens is 270 g/mol. The molecule has 2 aromatic carbocycles. The van der Waals surface area contributed by atoms with Crippen LogP contribution in [-0.4, -0.2) is 29.8 Å². The molecule has 0 spiro atoms. The maximum absolute atomic E-state index is 10.8. The van der Waals surface area contributed by atoms with Crippen molar-refractivity contribution >= 4 is 5.97 Å². The van der Waals surface area contributed by atoms with Gasteiger partial charge in [0.15, 0.2) is 0 Å². The summed E-state index contributed by atoms with van der Waals surface area (Å²) >= 11 is 0. The second kappa shape index (κ2) is 6.76. The number of methoxy groups -OCH3 is 1. The van der Waals surface area contributed by atoms with E-state index in [4.69, 9.17) is 9.84 Å². The van der Waals surface area contributed by atoms with Gasteiger partial charge in [-0.2, -0.15) is 0 Å². The van der Waals surface area contributed by atoms with Crippen LogP contribution in [0.15, 0.2) is 48.5 Å². The van der Waals surface area contributed by atoms with Gasteiger partial charge in [-0.1, -0.05) is 30.3 Å². The van der Waals surface area contributed by atoms with E-state index in [0.717, 1.165) is 5.56 Å². The van der Waals surface area contributed by atoms with E-state index in [1.807, 2.05) is 30.3 Å². The lowest BCUT2D eigenvalue weighted by molar-refractivity contribution is -0.136. The Kier molecular flexibility index (Phi) is 4.79. The molecule has 3 N–H and O–H groups in total. The van der Waals surface area contributed by atoms with Gasteiger partial charge in [0.2, 0.25) is 0 Å². The number of aliphatic carboxylic acids is 1. The highest BCUT2D eigenvalue weighted by Gasteiger charge is 2.18. The number of phenols is 1. The van der Waals surface area contributed by atoms with Crippen LogP contribution in [0.2, 0.25) is 0 Å². The lowest BCUT2D eigenvalue weighted by Crippen LogP contribution is -2.28. The van der Waals surface area contributed by atoms with Gasteiger partial charge in [0.25, 0.3) is 0 Å². The van der Waals surface area contributed by atoms with Crippen molar-refractivity contribution in [2.75, 3.05) is 13.7 Å². The molecule has 0 bridgehead atoms. The van der Waals surface area contributed by atoms with E-state index in [1.165, 1.54) is 13.2 Å². The third-order valence-corrected chi connectivity index (χ3v) is 3.14. The quantitative estimate of drug-likeness (QED) is 0.759. The first-order valence-electron chi connectivity index (χ1n) is 6.49. The Morgan fingerprint density at radius 2 is 1.95 bits per heavy atom. The summed E-state index contributed by atoms with van der Waals surface area (Å²) in [6.45, 7) is -0.203.